The molecule has 0 bridgehead atoms. The third-order valence-corrected chi connectivity index (χ3v) is 4.04. The van der Waals surface area contributed by atoms with E-state index >= 15 is 0 Å². The van der Waals surface area contributed by atoms with Crippen molar-refractivity contribution in [3.8, 4) is 0 Å². The molecule has 2 aliphatic rings. The van der Waals surface area contributed by atoms with Gasteiger partial charge in [-0.3, -0.25) is 4.90 Å². The number of hydrogen-bond acceptors (Lipinski definition) is 5. The van der Waals surface area contributed by atoms with Gasteiger partial charge in [0.05, 0.1) is 30.4 Å². The molecule has 1 aromatic heterocycles. The van der Waals surface area contributed by atoms with Crippen LogP contribution in [0.2, 0.25) is 5.02 Å². The summed E-state index contributed by atoms with van der Waals surface area (Å²) in [5.41, 5.74) is 0. The Balaban J connectivity index is 1.45. The molecule has 6 heteroatoms. The summed E-state index contributed by atoms with van der Waals surface area (Å²) < 4.78 is 11.5. The fourth-order valence-electron chi connectivity index (χ4n) is 2.78. The van der Waals surface area contributed by atoms with Crippen LogP contribution >= 0.6 is 11.6 Å². The van der Waals surface area contributed by atoms with Crippen LogP contribution in [0.3, 0.4) is 0 Å². The second kappa shape index (κ2) is 6.80. The Morgan fingerprint density at radius 2 is 1.85 bits per heavy atom. The maximum Gasteiger partial charge on any atom is 0.130 e. The van der Waals surface area contributed by atoms with Crippen LogP contribution in [0.5, 0.6) is 0 Å². The van der Waals surface area contributed by atoms with Crippen LogP contribution < -0.4 is 0 Å². The number of hydrogen-bond donors (Lipinski definition) is 0. The summed E-state index contributed by atoms with van der Waals surface area (Å²) in [7, 11) is 0. The third-order valence-electron chi connectivity index (χ3n) is 3.85. The van der Waals surface area contributed by atoms with Crippen molar-refractivity contribution in [2.75, 3.05) is 32.8 Å². The Morgan fingerprint density at radius 1 is 1.15 bits per heavy atom. The maximum absolute atomic E-state index is 6.10. The molecular weight excluding hydrogens is 278 g/mol. The van der Waals surface area contributed by atoms with Gasteiger partial charge in [0, 0.05) is 38.4 Å². The number of ether oxygens (including phenoxy) is 2. The summed E-state index contributed by atoms with van der Waals surface area (Å²) in [4.78, 5) is 10.9. The lowest BCUT2D eigenvalue weighted by molar-refractivity contribution is -0.0112. The van der Waals surface area contributed by atoms with Crippen molar-refractivity contribution >= 4 is 11.6 Å². The number of halogens is 1. The van der Waals surface area contributed by atoms with Crippen molar-refractivity contribution in [2.24, 2.45) is 0 Å². The fraction of sp³-hybridized carbons (Fsp3) is 0.714. The van der Waals surface area contributed by atoms with Gasteiger partial charge in [0.25, 0.3) is 0 Å². The summed E-state index contributed by atoms with van der Waals surface area (Å²) in [6.45, 7) is 4.74. The van der Waals surface area contributed by atoms with E-state index in [1.54, 1.807) is 12.4 Å². The maximum atomic E-state index is 6.10. The van der Waals surface area contributed by atoms with Crippen LogP contribution in [0.15, 0.2) is 12.4 Å². The summed E-state index contributed by atoms with van der Waals surface area (Å²) in [6, 6.07) is 0. The number of aromatic nitrogens is 2. The molecule has 0 aliphatic carbocycles. The molecule has 110 valence electrons. The van der Waals surface area contributed by atoms with Gasteiger partial charge < -0.3 is 9.47 Å². The predicted molar refractivity (Wildman–Crippen MR) is 75.9 cm³/mol. The minimum atomic E-state index is 0.238. The standard InChI is InChI=1S/C14H20ClN3O2/c15-11-8-16-14(17-9-11)7-12-1-2-13(20-12)10-18-3-5-19-6-4-18/h8-9,12-13H,1-7,10H2/t12-,13+/m0/s1. The molecule has 1 aromatic rings. The van der Waals surface area contributed by atoms with E-state index in [0.29, 0.717) is 11.1 Å². The Morgan fingerprint density at radius 3 is 2.60 bits per heavy atom. The Hall–Kier alpha value is -0.750. The van der Waals surface area contributed by atoms with Gasteiger partial charge in [0.15, 0.2) is 0 Å². The van der Waals surface area contributed by atoms with Crippen LogP contribution in [0, 0.1) is 0 Å². The molecule has 0 amide bonds. The molecular formula is C14H20ClN3O2. The zero-order chi connectivity index (χ0) is 13.8. The summed E-state index contributed by atoms with van der Waals surface area (Å²) >= 11 is 5.79. The normalized spacial score (nSPS) is 27.9. The van der Waals surface area contributed by atoms with Crippen molar-refractivity contribution in [3.05, 3.63) is 23.2 Å². The predicted octanol–water partition coefficient (Wildman–Crippen LogP) is 1.55. The van der Waals surface area contributed by atoms with Gasteiger partial charge >= 0.3 is 0 Å². The van der Waals surface area contributed by atoms with Gasteiger partial charge in [0.1, 0.15) is 5.82 Å². The lowest BCUT2D eigenvalue weighted by Gasteiger charge is -2.28. The first-order valence-electron chi connectivity index (χ1n) is 7.21. The van der Waals surface area contributed by atoms with E-state index < -0.39 is 0 Å². The molecule has 5 nitrogen and oxygen atoms in total. The number of morpholine rings is 1. The highest BCUT2D eigenvalue weighted by Gasteiger charge is 2.28. The third kappa shape index (κ3) is 3.88. The quantitative estimate of drug-likeness (QED) is 0.844. The Bertz CT molecular complexity index is 423. The van der Waals surface area contributed by atoms with Crippen LogP contribution in [0.25, 0.3) is 0 Å². The minimum Gasteiger partial charge on any atom is -0.379 e. The average Bonchev–Trinajstić information content (AvgIpc) is 2.90. The molecule has 2 atom stereocenters. The highest BCUT2D eigenvalue weighted by Crippen LogP contribution is 2.23. The highest BCUT2D eigenvalue weighted by atomic mass is 35.5. The molecule has 0 radical (unpaired) electrons. The second-order valence-electron chi connectivity index (χ2n) is 5.39. The van der Waals surface area contributed by atoms with Crippen molar-refractivity contribution in [1.29, 1.82) is 0 Å². The summed E-state index contributed by atoms with van der Waals surface area (Å²) in [5.74, 6) is 0.812. The highest BCUT2D eigenvalue weighted by molar-refractivity contribution is 6.30. The SMILES string of the molecule is Clc1cnc(C[C@@H]2CC[C@H](CN3CCOCC3)O2)nc1. The van der Waals surface area contributed by atoms with Crippen LogP contribution in [-0.4, -0.2) is 59.9 Å². The van der Waals surface area contributed by atoms with Crippen LogP contribution in [0.4, 0.5) is 0 Å². The average molecular weight is 298 g/mol. The number of nitrogens with zero attached hydrogens (tertiary/aromatic N) is 3. The molecule has 2 saturated heterocycles. The van der Waals surface area contributed by atoms with Gasteiger partial charge in [0.2, 0.25) is 0 Å². The Kier molecular flexibility index (Phi) is 4.83. The van der Waals surface area contributed by atoms with E-state index in [1.807, 2.05) is 0 Å². The molecule has 3 heterocycles. The zero-order valence-electron chi connectivity index (χ0n) is 11.5. The number of rotatable bonds is 4. The first-order valence-corrected chi connectivity index (χ1v) is 7.59. The van der Waals surface area contributed by atoms with Gasteiger partial charge in [-0.2, -0.15) is 0 Å². The van der Waals surface area contributed by atoms with Crippen molar-refractivity contribution < 1.29 is 9.47 Å². The van der Waals surface area contributed by atoms with E-state index in [-0.39, 0.29) is 6.10 Å². The van der Waals surface area contributed by atoms with Gasteiger partial charge in [-0.1, -0.05) is 11.6 Å². The lowest BCUT2D eigenvalue weighted by Crippen LogP contribution is -2.41. The molecule has 0 aromatic carbocycles. The molecule has 0 N–H and O–H groups in total. The molecule has 0 spiro atoms. The molecule has 0 unspecified atom stereocenters. The van der Waals surface area contributed by atoms with Gasteiger partial charge in [-0.15, -0.1) is 0 Å². The van der Waals surface area contributed by atoms with E-state index in [4.69, 9.17) is 21.1 Å². The second-order valence-corrected chi connectivity index (χ2v) is 5.83. The van der Waals surface area contributed by atoms with Gasteiger partial charge in [-0.05, 0) is 12.8 Å². The lowest BCUT2D eigenvalue weighted by atomic mass is 10.1. The van der Waals surface area contributed by atoms with Crippen molar-refractivity contribution in [1.82, 2.24) is 14.9 Å². The monoisotopic (exact) mass is 297 g/mol. The first-order chi connectivity index (χ1) is 9.79. The van der Waals surface area contributed by atoms with Gasteiger partial charge in [-0.25, -0.2) is 9.97 Å². The van der Waals surface area contributed by atoms with Crippen LogP contribution in [0.1, 0.15) is 18.7 Å². The summed E-state index contributed by atoms with van der Waals surface area (Å²) in [6.07, 6.45) is 6.84. The molecule has 2 fully saturated rings. The molecule has 0 saturated carbocycles. The largest absolute Gasteiger partial charge is 0.379 e. The van der Waals surface area contributed by atoms with E-state index in [2.05, 4.69) is 14.9 Å². The van der Waals surface area contributed by atoms with E-state index in [0.717, 1.165) is 57.9 Å². The van der Waals surface area contributed by atoms with Crippen LogP contribution in [-0.2, 0) is 15.9 Å². The first kappa shape index (κ1) is 14.2. The zero-order valence-corrected chi connectivity index (χ0v) is 12.3. The van der Waals surface area contributed by atoms with Crippen molar-refractivity contribution in [2.45, 2.75) is 31.5 Å². The topological polar surface area (TPSA) is 47.5 Å². The summed E-state index contributed by atoms with van der Waals surface area (Å²) in [5, 5.41) is 0.575. The fourth-order valence-corrected chi connectivity index (χ4v) is 2.88. The van der Waals surface area contributed by atoms with E-state index in [1.165, 1.54) is 0 Å². The van der Waals surface area contributed by atoms with Crippen molar-refractivity contribution in [3.63, 3.8) is 0 Å². The minimum absolute atomic E-state index is 0.238. The smallest absolute Gasteiger partial charge is 0.130 e. The molecule has 3 rings (SSSR count). The Labute approximate surface area is 124 Å². The molecule has 20 heavy (non-hydrogen) atoms. The van der Waals surface area contributed by atoms with E-state index in [9.17, 15) is 0 Å². The molecule has 2 aliphatic heterocycles.